The third-order valence-electron chi connectivity index (χ3n) is 3.14. The Bertz CT molecular complexity index is 625. The van der Waals surface area contributed by atoms with Gasteiger partial charge in [0, 0.05) is 23.9 Å². The molecule has 0 bridgehead atoms. The molecule has 0 aliphatic heterocycles. The van der Waals surface area contributed by atoms with Crippen molar-refractivity contribution in [2.45, 2.75) is 6.92 Å². The van der Waals surface area contributed by atoms with Gasteiger partial charge >= 0.3 is 0 Å². The highest BCUT2D eigenvalue weighted by atomic mass is 16.5. The second-order valence-electron chi connectivity index (χ2n) is 4.76. The third kappa shape index (κ3) is 5.30. The first kappa shape index (κ1) is 16.8. The van der Waals surface area contributed by atoms with E-state index in [0.717, 1.165) is 0 Å². The average Bonchev–Trinajstić information content (AvgIpc) is 2.59. The van der Waals surface area contributed by atoms with Crippen LogP contribution in [-0.4, -0.2) is 32.8 Å². The van der Waals surface area contributed by atoms with Crippen molar-refractivity contribution in [2.75, 3.05) is 32.2 Å². The second kappa shape index (κ2) is 8.80. The molecule has 0 aliphatic carbocycles. The maximum Gasteiger partial charge on any atom is 0.255 e. The summed E-state index contributed by atoms with van der Waals surface area (Å²) in [6, 6.07) is 14.2. The smallest absolute Gasteiger partial charge is 0.255 e. The van der Waals surface area contributed by atoms with Gasteiger partial charge in [0.1, 0.15) is 18.1 Å². The molecule has 0 fully saturated rings. The Morgan fingerprint density at radius 2 is 1.83 bits per heavy atom. The van der Waals surface area contributed by atoms with Crippen molar-refractivity contribution >= 4 is 11.6 Å². The number of carbonyl (C=O) groups excluding carboxylic acids is 1. The van der Waals surface area contributed by atoms with E-state index >= 15 is 0 Å². The number of benzene rings is 2. The first-order valence-electron chi connectivity index (χ1n) is 7.49. The fraction of sp³-hybridized carbons (Fsp3) is 0.278. The van der Waals surface area contributed by atoms with E-state index in [9.17, 15) is 4.79 Å². The van der Waals surface area contributed by atoms with Crippen molar-refractivity contribution in [1.29, 1.82) is 0 Å². The Morgan fingerprint density at radius 1 is 1.04 bits per heavy atom. The van der Waals surface area contributed by atoms with Gasteiger partial charge in [-0.25, -0.2) is 0 Å². The van der Waals surface area contributed by atoms with E-state index in [1.165, 1.54) is 0 Å². The second-order valence-corrected chi connectivity index (χ2v) is 4.76. The highest BCUT2D eigenvalue weighted by Gasteiger charge is 2.07. The molecular formula is C18H21NO4. The summed E-state index contributed by atoms with van der Waals surface area (Å²) in [5.74, 6) is 1.22. The van der Waals surface area contributed by atoms with E-state index < -0.39 is 0 Å². The molecule has 2 aromatic carbocycles. The third-order valence-corrected chi connectivity index (χ3v) is 3.14. The number of hydrogen-bond acceptors (Lipinski definition) is 4. The van der Waals surface area contributed by atoms with E-state index in [2.05, 4.69) is 5.32 Å². The summed E-state index contributed by atoms with van der Waals surface area (Å²) in [4.78, 5) is 12.2. The highest BCUT2D eigenvalue weighted by molar-refractivity contribution is 6.04. The van der Waals surface area contributed by atoms with Crippen molar-refractivity contribution in [3.05, 3.63) is 54.1 Å². The average molecular weight is 315 g/mol. The number of anilines is 1. The zero-order valence-corrected chi connectivity index (χ0v) is 13.4. The Balaban J connectivity index is 1.94. The van der Waals surface area contributed by atoms with Crippen LogP contribution in [-0.2, 0) is 4.74 Å². The van der Waals surface area contributed by atoms with Crippen LogP contribution in [0, 0.1) is 0 Å². The van der Waals surface area contributed by atoms with Gasteiger partial charge in [0.25, 0.3) is 5.91 Å². The number of methoxy groups -OCH3 is 1. The van der Waals surface area contributed by atoms with Gasteiger partial charge in [0.15, 0.2) is 0 Å². The largest absolute Gasteiger partial charge is 0.497 e. The van der Waals surface area contributed by atoms with E-state index in [0.29, 0.717) is 42.6 Å². The molecule has 0 aromatic heterocycles. The van der Waals surface area contributed by atoms with E-state index in [1.807, 2.05) is 25.1 Å². The molecule has 1 amide bonds. The van der Waals surface area contributed by atoms with Crippen LogP contribution in [0.5, 0.6) is 11.5 Å². The van der Waals surface area contributed by atoms with Gasteiger partial charge in [-0.05, 0) is 43.3 Å². The van der Waals surface area contributed by atoms with Gasteiger partial charge in [-0.15, -0.1) is 0 Å². The molecule has 0 unspecified atom stereocenters. The topological polar surface area (TPSA) is 56.8 Å². The molecule has 5 nitrogen and oxygen atoms in total. The lowest BCUT2D eigenvalue weighted by Crippen LogP contribution is -2.12. The Kier molecular flexibility index (Phi) is 6.44. The predicted molar refractivity (Wildman–Crippen MR) is 89.4 cm³/mol. The van der Waals surface area contributed by atoms with Crippen molar-refractivity contribution in [2.24, 2.45) is 0 Å². The molecule has 0 spiro atoms. The lowest BCUT2D eigenvalue weighted by atomic mass is 10.2. The van der Waals surface area contributed by atoms with Crippen LogP contribution in [0.15, 0.2) is 48.5 Å². The number of carbonyl (C=O) groups is 1. The quantitative estimate of drug-likeness (QED) is 0.759. The lowest BCUT2D eigenvalue weighted by Gasteiger charge is -2.09. The molecule has 0 saturated carbocycles. The SMILES string of the molecule is CCOCCOc1cccc(NC(=O)c2ccc(OC)cc2)c1. The molecule has 2 aromatic rings. The zero-order chi connectivity index (χ0) is 16.5. The van der Waals surface area contributed by atoms with Crippen LogP contribution in [0.3, 0.4) is 0 Å². The fourth-order valence-electron chi connectivity index (χ4n) is 1.97. The molecule has 0 heterocycles. The summed E-state index contributed by atoms with van der Waals surface area (Å²) in [5, 5.41) is 2.85. The number of nitrogens with one attached hydrogen (secondary N) is 1. The molecule has 23 heavy (non-hydrogen) atoms. The monoisotopic (exact) mass is 315 g/mol. The summed E-state index contributed by atoms with van der Waals surface area (Å²) in [6.45, 7) is 3.62. The van der Waals surface area contributed by atoms with Crippen LogP contribution in [0.2, 0.25) is 0 Å². The Morgan fingerprint density at radius 3 is 2.52 bits per heavy atom. The summed E-state index contributed by atoms with van der Waals surface area (Å²) in [7, 11) is 1.59. The molecule has 1 N–H and O–H groups in total. The maximum absolute atomic E-state index is 12.2. The summed E-state index contributed by atoms with van der Waals surface area (Å²) in [5.41, 5.74) is 1.24. The molecule has 0 atom stereocenters. The first-order chi connectivity index (χ1) is 11.2. The van der Waals surface area contributed by atoms with Gasteiger partial charge in [0.05, 0.1) is 13.7 Å². The normalized spacial score (nSPS) is 10.2. The van der Waals surface area contributed by atoms with Crippen LogP contribution in [0.1, 0.15) is 17.3 Å². The fourth-order valence-corrected chi connectivity index (χ4v) is 1.97. The minimum absolute atomic E-state index is 0.181. The summed E-state index contributed by atoms with van der Waals surface area (Å²) < 4.78 is 15.9. The van der Waals surface area contributed by atoms with E-state index in [4.69, 9.17) is 14.2 Å². The van der Waals surface area contributed by atoms with Crippen LogP contribution >= 0.6 is 0 Å². The molecule has 0 saturated heterocycles. The van der Waals surface area contributed by atoms with Gasteiger partial charge in [0.2, 0.25) is 0 Å². The van der Waals surface area contributed by atoms with Crippen LogP contribution in [0.25, 0.3) is 0 Å². The van der Waals surface area contributed by atoms with Crippen molar-refractivity contribution in [1.82, 2.24) is 0 Å². The van der Waals surface area contributed by atoms with Crippen LogP contribution < -0.4 is 14.8 Å². The van der Waals surface area contributed by atoms with Crippen LogP contribution in [0.4, 0.5) is 5.69 Å². The van der Waals surface area contributed by atoms with Crippen molar-refractivity contribution < 1.29 is 19.0 Å². The number of ether oxygens (including phenoxy) is 3. The van der Waals surface area contributed by atoms with E-state index in [-0.39, 0.29) is 5.91 Å². The summed E-state index contributed by atoms with van der Waals surface area (Å²) in [6.07, 6.45) is 0. The molecule has 2 rings (SSSR count). The number of hydrogen-bond donors (Lipinski definition) is 1. The van der Waals surface area contributed by atoms with Gasteiger partial charge in [-0.2, -0.15) is 0 Å². The molecule has 122 valence electrons. The number of rotatable bonds is 8. The standard InChI is InChI=1S/C18H21NO4/c1-3-22-11-12-23-17-6-4-5-15(13-17)19-18(20)14-7-9-16(21-2)10-8-14/h4-10,13H,3,11-12H2,1-2H3,(H,19,20). The van der Waals surface area contributed by atoms with Crippen molar-refractivity contribution in [3.63, 3.8) is 0 Å². The lowest BCUT2D eigenvalue weighted by molar-refractivity contribution is 0.102. The first-order valence-corrected chi connectivity index (χ1v) is 7.49. The predicted octanol–water partition coefficient (Wildman–Crippen LogP) is 3.36. The van der Waals surface area contributed by atoms with Gasteiger partial charge in [-0.1, -0.05) is 6.07 Å². The highest BCUT2D eigenvalue weighted by Crippen LogP contribution is 2.19. The Hall–Kier alpha value is -2.53. The zero-order valence-electron chi connectivity index (χ0n) is 13.4. The number of amides is 1. The Labute approximate surface area is 136 Å². The molecule has 5 heteroatoms. The summed E-state index contributed by atoms with van der Waals surface area (Å²) >= 11 is 0. The molecular weight excluding hydrogens is 294 g/mol. The minimum atomic E-state index is -0.181. The molecule has 0 aliphatic rings. The van der Waals surface area contributed by atoms with Crippen molar-refractivity contribution in [3.8, 4) is 11.5 Å². The molecule has 0 radical (unpaired) electrons. The minimum Gasteiger partial charge on any atom is -0.497 e. The van der Waals surface area contributed by atoms with E-state index in [1.54, 1.807) is 37.4 Å². The van der Waals surface area contributed by atoms with Gasteiger partial charge in [-0.3, -0.25) is 4.79 Å². The van der Waals surface area contributed by atoms with Gasteiger partial charge < -0.3 is 19.5 Å². The maximum atomic E-state index is 12.2.